The summed E-state index contributed by atoms with van der Waals surface area (Å²) in [6, 6.07) is 9.44. The average molecular weight is 285 g/mol. The summed E-state index contributed by atoms with van der Waals surface area (Å²) in [6.07, 6.45) is 1.86. The summed E-state index contributed by atoms with van der Waals surface area (Å²) in [5.41, 5.74) is 3.19. The summed E-state index contributed by atoms with van der Waals surface area (Å²) in [4.78, 5) is 25.9. The van der Waals surface area contributed by atoms with E-state index >= 15 is 0 Å². The summed E-state index contributed by atoms with van der Waals surface area (Å²) in [5, 5.41) is 2.99. The quantitative estimate of drug-likeness (QED) is 0.702. The van der Waals surface area contributed by atoms with E-state index in [4.69, 9.17) is 0 Å². The molecular weight excluding hydrogens is 270 g/mol. The molecule has 0 unspecified atom stereocenters. The molecule has 3 rings (SSSR count). The number of aromatic amines is 1. The van der Waals surface area contributed by atoms with E-state index in [1.165, 1.54) is 7.11 Å². The van der Waals surface area contributed by atoms with E-state index in [-0.39, 0.29) is 18.1 Å². The zero-order valence-corrected chi connectivity index (χ0v) is 11.6. The number of H-pyrrole nitrogens is 1. The highest BCUT2D eigenvalue weighted by atomic mass is 16.5. The number of rotatable bonds is 4. The van der Waals surface area contributed by atoms with Crippen molar-refractivity contribution >= 4 is 22.5 Å². The standard InChI is InChI=1S/C15H15N3O3/c1-21-14(19)9-16-8-10-4-5-12-11(7-10)17-15(20)13-3-2-6-18(12)13/h2-7,16H,8-9H2,1H3,(H,17,20). The highest BCUT2D eigenvalue weighted by Crippen LogP contribution is 2.14. The Labute approximate surface area is 120 Å². The summed E-state index contributed by atoms with van der Waals surface area (Å²) in [7, 11) is 1.35. The fourth-order valence-corrected chi connectivity index (χ4v) is 2.35. The van der Waals surface area contributed by atoms with Gasteiger partial charge in [0.15, 0.2) is 0 Å². The minimum absolute atomic E-state index is 0.118. The van der Waals surface area contributed by atoms with Crippen LogP contribution < -0.4 is 10.9 Å². The fraction of sp³-hybridized carbons (Fsp3) is 0.200. The summed E-state index contributed by atoms with van der Waals surface area (Å²) >= 11 is 0. The number of fused-ring (bicyclic) bond motifs is 3. The molecular formula is C15H15N3O3. The van der Waals surface area contributed by atoms with Crippen LogP contribution in [0, 0.1) is 0 Å². The number of esters is 1. The molecule has 2 heterocycles. The first-order chi connectivity index (χ1) is 10.2. The molecule has 0 aliphatic heterocycles. The second kappa shape index (κ2) is 5.41. The third-order valence-corrected chi connectivity index (χ3v) is 3.38. The lowest BCUT2D eigenvalue weighted by Crippen LogP contribution is -2.23. The van der Waals surface area contributed by atoms with Gasteiger partial charge in [0.1, 0.15) is 5.52 Å². The number of methoxy groups -OCH3 is 1. The number of aromatic nitrogens is 2. The molecule has 0 saturated carbocycles. The number of hydrogen-bond donors (Lipinski definition) is 2. The van der Waals surface area contributed by atoms with Crippen LogP contribution >= 0.6 is 0 Å². The van der Waals surface area contributed by atoms with Gasteiger partial charge in [-0.1, -0.05) is 6.07 Å². The molecule has 3 aromatic rings. The SMILES string of the molecule is COC(=O)CNCc1ccc2c(c1)[nH]c(=O)c1cccn12. The Kier molecular flexibility index (Phi) is 3.45. The molecule has 6 heteroatoms. The Morgan fingerprint density at radius 1 is 1.33 bits per heavy atom. The molecule has 0 spiro atoms. The van der Waals surface area contributed by atoms with Crippen molar-refractivity contribution in [2.24, 2.45) is 0 Å². The second-order valence-electron chi connectivity index (χ2n) is 4.75. The van der Waals surface area contributed by atoms with Crippen LogP contribution in [0.3, 0.4) is 0 Å². The highest BCUT2D eigenvalue weighted by Gasteiger charge is 2.05. The number of nitrogens with zero attached hydrogens (tertiary/aromatic N) is 1. The third kappa shape index (κ3) is 2.53. The summed E-state index contributed by atoms with van der Waals surface area (Å²) in [5.74, 6) is -0.307. The van der Waals surface area contributed by atoms with Gasteiger partial charge in [0.25, 0.3) is 5.56 Å². The molecule has 0 aliphatic rings. The lowest BCUT2D eigenvalue weighted by Gasteiger charge is -2.07. The summed E-state index contributed by atoms with van der Waals surface area (Å²) < 4.78 is 6.42. The van der Waals surface area contributed by atoms with Crippen LogP contribution in [-0.4, -0.2) is 29.0 Å². The van der Waals surface area contributed by atoms with E-state index < -0.39 is 0 Å². The molecule has 2 aromatic heterocycles. The molecule has 0 bridgehead atoms. The molecule has 2 N–H and O–H groups in total. The Morgan fingerprint density at radius 3 is 3.00 bits per heavy atom. The van der Waals surface area contributed by atoms with E-state index in [9.17, 15) is 9.59 Å². The van der Waals surface area contributed by atoms with Crippen molar-refractivity contribution in [2.75, 3.05) is 13.7 Å². The zero-order valence-electron chi connectivity index (χ0n) is 11.6. The molecule has 21 heavy (non-hydrogen) atoms. The van der Waals surface area contributed by atoms with Gasteiger partial charge in [-0.05, 0) is 29.8 Å². The van der Waals surface area contributed by atoms with Crippen LogP contribution in [-0.2, 0) is 16.1 Å². The number of hydrogen-bond acceptors (Lipinski definition) is 4. The second-order valence-corrected chi connectivity index (χ2v) is 4.75. The van der Waals surface area contributed by atoms with Crippen molar-refractivity contribution in [2.45, 2.75) is 6.54 Å². The van der Waals surface area contributed by atoms with Gasteiger partial charge in [0.2, 0.25) is 0 Å². The maximum atomic E-state index is 12.0. The third-order valence-electron chi connectivity index (χ3n) is 3.38. The Bertz CT molecular complexity index is 863. The molecule has 0 radical (unpaired) electrons. The lowest BCUT2D eigenvalue weighted by molar-refractivity contribution is -0.139. The smallest absolute Gasteiger partial charge is 0.319 e. The number of carbonyl (C=O) groups excluding carboxylic acids is 1. The molecule has 0 saturated heterocycles. The van der Waals surface area contributed by atoms with E-state index in [2.05, 4.69) is 15.0 Å². The van der Waals surface area contributed by atoms with Gasteiger partial charge in [-0.25, -0.2) is 0 Å². The van der Waals surface area contributed by atoms with Crippen molar-refractivity contribution in [3.8, 4) is 0 Å². The maximum Gasteiger partial charge on any atom is 0.319 e. The fourth-order valence-electron chi connectivity index (χ4n) is 2.35. The van der Waals surface area contributed by atoms with Crippen LogP contribution in [0.1, 0.15) is 5.56 Å². The van der Waals surface area contributed by atoms with Gasteiger partial charge in [-0.3, -0.25) is 9.59 Å². The predicted octanol–water partition coefficient (Wildman–Crippen LogP) is 1.04. The molecule has 1 aromatic carbocycles. The van der Waals surface area contributed by atoms with Crippen LogP contribution in [0.5, 0.6) is 0 Å². The normalized spacial score (nSPS) is 11.1. The van der Waals surface area contributed by atoms with E-state index in [1.54, 1.807) is 6.07 Å². The minimum Gasteiger partial charge on any atom is -0.468 e. The average Bonchev–Trinajstić information content (AvgIpc) is 2.97. The maximum absolute atomic E-state index is 12.0. The first-order valence-electron chi connectivity index (χ1n) is 6.58. The van der Waals surface area contributed by atoms with Gasteiger partial charge < -0.3 is 19.4 Å². The lowest BCUT2D eigenvalue weighted by atomic mass is 10.2. The predicted molar refractivity (Wildman–Crippen MR) is 79.2 cm³/mol. The first-order valence-corrected chi connectivity index (χ1v) is 6.58. The van der Waals surface area contributed by atoms with Crippen molar-refractivity contribution < 1.29 is 9.53 Å². The van der Waals surface area contributed by atoms with E-state index in [0.717, 1.165) is 16.6 Å². The number of benzene rings is 1. The van der Waals surface area contributed by atoms with Gasteiger partial charge in [-0.15, -0.1) is 0 Å². The van der Waals surface area contributed by atoms with Crippen LogP contribution in [0.4, 0.5) is 0 Å². The van der Waals surface area contributed by atoms with Crippen molar-refractivity contribution in [3.63, 3.8) is 0 Å². The highest BCUT2D eigenvalue weighted by molar-refractivity contribution is 5.79. The van der Waals surface area contributed by atoms with Gasteiger partial charge in [0.05, 0.1) is 24.7 Å². The molecule has 0 atom stereocenters. The zero-order chi connectivity index (χ0) is 14.8. The molecule has 6 nitrogen and oxygen atoms in total. The van der Waals surface area contributed by atoms with Crippen molar-refractivity contribution in [3.05, 3.63) is 52.4 Å². The van der Waals surface area contributed by atoms with Gasteiger partial charge >= 0.3 is 5.97 Å². The number of ether oxygens (including phenoxy) is 1. The van der Waals surface area contributed by atoms with E-state index in [1.807, 2.05) is 34.9 Å². The first kappa shape index (κ1) is 13.4. The van der Waals surface area contributed by atoms with Gasteiger partial charge in [-0.2, -0.15) is 0 Å². The minimum atomic E-state index is -0.307. The summed E-state index contributed by atoms with van der Waals surface area (Å²) in [6.45, 7) is 0.679. The van der Waals surface area contributed by atoms with Crippen LogP contribution in [0.2, 0.25) is 0 Å². The van der Waals surface area contributed by atoms with Gasteiger partial charge in [0, 0.05) is 12.7 Å². The largest absolute Gasteiger partial charge is 0.468 e. The topological polar surface area (TPSA) is 75.6 Å². The monoisotopic (exact) mass is 285 g/mol. The molecule has 0 aliphatic carbocycles. The molecule has 0 amide bonds. The van der Waals surface area contributed by atoms with Crippen molar-refractivity contribution in [1.82, 2.24) is 14.7 Å². The molecule has 0 fully saturated rings. The van der Waals surface area contributed by atoms with Crippen LogP contribution in [0.15, 0.2) is 41.3 Å². The Balaban J connectivity index is 1.91. The van der Waals surface area contributed by atoms with Crippen LogP contribution in [0.25, 0.3) is 16.6 Å². The molecule has 108 valence electrons. The number of nitrogens with one attached hydrogen (secondary N) is 2. The Morgan fingerprint density at radius 2 is 2.19 bits per heavy atom. The Hall–Kier alpha value is -2.60. The van der Waals surface area contributed by atoms with Crippen molar-refractivity contribution in [1.29, 1.82) is 0 Å². The van der Waals surface area contributed by atoms with E-state index in [0.29, 0.717) is 12.1 Å². The number of carbonyl (C=O) groups is 1.